The van der Waals surface area contributed by atoms with Gasteiger partial charge >= 0.3 is 0 Å². The predicted octanol–water partition coefficient (Wildman–Crippen LogP) is 7.49. The first-order valence-corrected chi connectivity index (χ1v) is 12.6. The molecule has 4 aromatic rings. The van der Waals surface area contributed by atoms with Gasteiger partial charge in [-0.2, -0.15) is 5.10 Å². The van der Waals surface area contributed by atoms with Crippen LogP contribution in [0.15, 0.2) is 84.9 Å². The summed E-state index contributed by atoms with van der Waals surface area (Å²) in [5.41, 5.74) is 12.9. The highest BCUT2D eigenvalue weighted by Crippen LogP contribution is 2.35. The van der Waals surface area contributed by atoms with Crippen molar-refractivity contribution in [2.75, 3.05) is 0 Å². The molecule has 3 aromatic heterocycles. The highest BCUT2D eigenvalue weighted by molar-refractivity contribution is 5.95. The number of pyridine rings is 1. The molecule has 5 nitrogen and oxygen atoms in total. The maximum absolute atomic E-state index is 14.3. The van der Waals surface area contributed by atoms with Crippen LogP contribution in [0.2, 0.25) is 0 Å². The quantitative estimate of drug-likeness (QED) is 0.181. The fourth-order valence-electron chi connectivity index (χ4n) is 4.69. The Morgan fingerprint density at radius 1 is 1.18 bits per heavy atom. The molecular weight excluding hydrogens is 473 g/mol. The summed E-state index contributed by atoms with van der Waals surface area (Å²) in [6.45, 7) is 12.0. The molecule has 1 aliphatic rings. The van der Waals surface area contributed by atoms with Crippen molar-refractivity contribution in [1.82, 2.24) is 25.5 Å². The topological polar surface area (TPSA) is 69.4 Å². The van der Waals surface area contributed by atoms with Crippen molar-refractivity contribution in [3.8, 4) is 11.4 Å². The molecule has 1 aromatic carbocycles. The first-order valence-electron chi connectivity index (χ1n) is 12.6. The Morgan fingerprint density at radius 2 is 2.03 bits per heavy atom. The molecule has 0 atom stereocenters. The third kappa shape index (κ3) is 4.95. The molecule has 0 saturated carbocycles. The van der Waals surface area contributed by atoms with E-state index >= 15 is 0 Å². The number of aromatic nitrogens is 4. The van der Waals surface area contributed by atoms with Gasteiger partial charge in [-0.3, -0.25) is 5.10 Å². The first kappa shape index (κ1) is 25.0. The first-order chi connectivity index (χ1) is 18.4. The van der Waals surface area contributed by atoms with Crippen LogP contribution in [0.5, 0.6) is 0 Å². The zero-order valence-corrected chi connectivity index (χ0v) is 22.0. The molecule has 0 aliphatic heterocycles. The Morgan fingerprint density at radius 3 is 2.76 bits per heavy atom. The minimum atomic E-state index is -0.256. The molecule has 5 rings (SSSR count). The van der Waals surface area contributed by atoms with Gasteiger partial charge in [0.2, 0.25) is 0 Å². The van der Waals surface area contributed by atoms with Gasteiger partial charge in [-0.1, -0.05) is 18.7 Å². The third-order valence-electron chi connectivity index (χ3n) is 6.37. The molecule has 0 saturated heterocycles. The Bertz CT molecular complexity index is 1680. The number of allylic oxidation sites excluding steroid dienone is 6. The summed E-state index contributed by atoms with van der Waals surface area (Å²) in [5.74, 6) is -0.256. The lowest BCUT2D eigenvalue weighted by Gasteiger charge is -2.12. The van der Waals surface area contributed by atoms with Crippen molar-refractivity contribution in [3.05, 3.63) is 119 Å². The van der Waals surface area contributed by atoms with Gasteiger partial charge in [-0.05, 0) is 98.5 Å². The largest absolute Gasteiger partial charge is 0.383 e. The van der Waals surface area contributed by atoms with Gasteiger partial charge < -0.3 is 10.3 Å². The molecule has 3 heterocycles. The van der Waals surface area contributed by atoms with Crippen molar-refractivity contribution < 1.29 is 4.39 Å². The standard InChI is InChI=1S/C32H30FN5/c1-6-21(15-25(7-2)35-19(3)4)23-16-28-31(37-38-32(28)34-18-23)30-17-27-26(10-8-9-11-29(27)36-30)22-12-20(5)13-24(33)14-22/h6-8,10-19,35-36H,2H2,1,3-5H3,(H,34,37,38)/b21-6+,25-15+. The third-order valence-corrected chi connectivity index (χ3v) is 6.37. The zero-order valence-electron chi connectivity index (χ0n) is 22.0. The van der Waals surface area contributed by atoms with Crippen molar-refractivity contribution in [2.24, 2.45) is 0 Å². The van der Waals surface area contributed by atoms with E-state index in [1.54, 1.807) is 6.07 Å². The van der Waals surface area contributed by atoms with E-state index in [-0.39, 0.29) is 5.82 Å². The second-order valence-electron chi connectivity index (χ2n) is 9.62. The van der Waals surface area contributed by atoms with Crippen LogP contribution < -0.4 is 5.32 Å². The van der Waals surface area contributed by atoms with Crippen LogP contribution in [-0.2, 0) is 0 Å². The highest BCUT2D eigenvalue weighted by atomic mass is 19.1. The van der Waals surface area contributed by atoms with E-state index in [1.165, 1.54) is 6.07 Å². The Labute approximate surface area is 221 Å². The molecule has 0 amide bonds. The minimum absolute atomic E-state index is 0.256. The summed E-state index contributed by atoms with van der Waals surface area (Å²) in [4.78, 5) is 8.13. The lowest BCUT2D eigenvalue weighted by Crippen LogP contribution is -2.20. The van der Waals surface area contributed by atoms with Crippen molar-refractivity contribution in [3.63, 3.8) is 0 Å². The van der Waals surface area contributed by atoms with Crippen molar-refractivity contribution in [1.29, 1.82) is 0 Å². The molecule has 3 N–H and O–H groups in total. The van der Waals surface area contributed by atoms with E-state index in [1.807, 2.05) is 50.4 Å². The molecule has 190 valence electrons. The molecule has 0 fully saturated rings. The average Bonchev–Trinajstić information content (AvgIpc) is 3.44. The Kier molecular flexibility index (Phi) is 6.82. The normalized spacial score (nSPS) is 13.6. The zero-order chi connectivity index (χ0) is 26.8. The van der Waals surface area contributed by atoms with Gasteiger partial charge in [-0.15, -0.1) is 5.73 Å². The van der Waals surface area contributed by atoms with Gasteiger partial charge in [-0.25, -0.2) is 9.37 Å². The summed E-state index contributed by atoms with van der Waals surface area (Å²) in [6, 6.07) is 9.52. The second kappa shape index (κ2) is 10.4. The number of hydrogen-bond acceptors (Lipinski definition) is 3. The fraction of sp³-hybridized carbons (Fsp3) is 0.156. The number of aryl methyl sites for hydroxylation is 1. The van der Waals surface area contributed by atoms with Gasteiger partial charge in [0.05, 0.1) is 11.4 Å². The van der Waals surface area contributed by atoms with Crippen LogP contribution in [0.3, 0.4) is 0 Å². The van der Waals surface area contributed by atoms with Crippen LogP contribution in [0.1, 0.15) is 48.7 Å². The van der Waals surface area contributed by atoms with E-state index in [9.17, 15) is 4.39 Å². The maximum Gasteiger partial charge on any atom is 0.155 e. The number of nitrogens with zero attached hydrogens (tertiary/aromatic N) is 2. The summed E-state index contributed by atoms with van der Waals surface area (Å²) >= 11 is 0. The molecule has 6 heteroatoms. The lowest BCUT2D eigenvalue weighted by atomic mass is 9.96. The SMILES string of the molecule is C=C/C(=C\C(=C/C)c1cnc2[nH]nc(-c3cc4c([nH]3)C=C=CC=C4c3cc(C)cc(F)c3)c2c1)NC(C)C. The minimum Gasteiger partial charge on any atom is -0.383 e. The lowest BCUT2D eigenvalue weighted by molar-refractivity contribution is 0.626. The van der Waals surface area contributed by atoms with E-state index in [0.717, 1.165) is 61.6 Å². The van der Waals surface area contributed by atoms with Crippen LogP contribution in [0.4, 0.5) is 4.39 Å². The van der Waals surface area contributed by atoms with Gasteiger partial charge in [0.25, 0.3) is 0 Å². The molecule has 38 heavy (non-hydrogen) atoms. The molecule has 0 spiro atoms. The number of aromatic amines is 2. The highest BCUT2D eigenvalue weighted by Gasteiger charge is 2.19. The smallest absolute Gasteiger partial charge is 0.155 e. The van der Waals surface area contributed by atoms with E-state index in [4.69, 9.17) is 0 Å². The maximum atomic E-state index is 14.3. The van der Waals surface area contributed by atoms with Crippen LogP contribution in [0.25, 0.3) is 39.6 Å². The second-order valence-corrected chi connectivity index (χ2v) is 9.62. The van der Waals surface area contributed by atoms with E-state index in [2.05, 4.69) is 75.9 Å². The molecule has 0 bridgehead atoms. The fourth-order valence-corrected chi connectivity index (χ4v) is 4.69. The Balaban J connectivity index is 1.58. The van der Waals surface area contributed by atoms with E-state index < -0.39 is 0 Å². The van der Waals surface area contributed by atoms with Gasteiger partial charge in [0.1, 0.15) is 11.5 Å². The van der Waals surface area contributed by atoms with Crippen molar-refractivity contribution in [2.45, 2.75) is 33.7 Å². The van der Waals surface area contributed by atoms with Crippen LogP contribution >= 0.6 is 0 Å². The number of halogens is 1. The predicted molar refractivity (Wildman–Crippen MR) is 155 cm³/mol. The summed E-state index contributed by atoms with van der Waals surface area (Å²) in [5, 5.41) is 12.0. The van der Waals surface area contributed by atoms with Gasteiger partial charge in [0, 0.05) is 40.5 Å². The number of benzene rings is 1. The monoisotopic (exact) mass is 503 g/mol. The van der Waals surface area contributed by atoms with Gasteiger partial charge in [0.15, 0.2) is 5.65 Å². The van der Waals surface area contributed by atoms with Crippen LogP contribution in [-0.4, -0.2) is 26.2 Å². The molecule has 0 unspecified atom stereocenters. The average molecular weight is 504 g/mol. The summed E-state index contributed by atoms with van der Waals surface area (Å²) in [7, 11) is 0. The van der Waals surface area contributed by atoms with E-state index in [0.29, 0.717) is 11.7 Å². The molecule has 1 aliphatic carbocycles. The summed E-state index contributed by atoms with van der Waals surface area (Å²) < 4.78 is 14.3. The summed E-state index contributed by atoms with van der Waals surface area (Å²) in [6.07, 6.45) is 13.5. The number of H-pyrrole nitrogens is 2. The number of hydrogen-bond donors (Lipinski definition) is 3. The number of fused-ring (bicyclic) bond motifs is 2. The Hall–Kier alpha value is -4.67. The molecule has 0 radical (unpaired) electrons. The number of nitrogens with one attached hydrogen (secondary N) is 3. The van der Waals surface area contributed by atoms with Crippen molar-refractivity contribution >= 4 is 28.3 Å². The van der Waals surface area contributed by atoms with Crippen LogP contribution in [0, 0.1) is 12.7 Å². The number of rotatable bonds is 7. The molecular formula is C32H30FN5.